The van der Waals surface area contributed by atoms with Crippen LogP contribution in [-0.4, -0.2) is 23.7 Å². The first kappa shape index (κ1) is 14.8. The van der Waals surface area contributed by atoms with Crippen LogP contribution in [-0.2, 0) is 17.8 Å². The minimum Gasteiger partial charge on any atom is -0.481 e. The van der Waals surface area contributed by atoms with E-state index in [0.29, 0.717) is 19.4 Å². The summed E-state index contributed by atoms with van der Waals surface area (Å²) in [5, 5.41) is 14.6. The van der Waals surface area contributed by atoms with Gasteiger partial charge in [-0.2, -0.15) is 0 Å². The Morgan fingerprint density at radius 2 is 2.00 bits per heavy atom. The molecule has 1 aromatic heterocycles. The highest BCUT2D eigenvalue weighted by molar-refractivity contribution is 7.11. The third-order valence-corrected chi connectivity index (χ3v) is 5.07. The van der Waals surface area contributed by atoms with Crippen molar-refractivity contribution in [2.24, 2.45) is 5.41 Å². The van der Waals surface area contributed by atoms with Crippen LogP contribution in [0.2, 0.25) is 0 Å². The summed E-state index contributed by atoms with van der Waals surface area (Å²) in [4.78, 5) is 25.3. The number of nitrogens with one attached hydrogen (secondary N) is 2. The van der Waals surface area contributed by atoms with E-state index in [1.54, 1.807) is 11.3 Å². The minimum absolute atomic E-state index is 0.207. The van der Waals surface area contributed by atoms with Crippen LogP contribution in [0.15, 0.2) is 12.1 Å². The monoisotopic (exact) mass is 296 g/mol. The zero-order valence-corrected chi connectivity index (χ0v) is 12.4. The fourth-order valence-corrected chi connectivity index (χ4v) is 3.15. The molecule has 1 aliphatic rings. The van der Waals surface area contributed by atoms with E-state index < -0.39 is 11.4 Å². The molecule has 2 amide bonds. The van der Waals surface area contributed by atoms with Crippen LogP contribution in [0.5, 0.6) is 0 Å². The lowest BCUT2D eigenvalue weighted by molar-refractivity contribution is -0.153. The van der Waals surface area contributed by atoms with Crippen molar-refractivity contribution in [2.45, 2.75) is 39.2 Å². The van der Waals surface area contributed by atoms with Crippen LogP contribution in [0.4, 0.5) is 4.79 Å². The predicted octanol–water partition coefficient (Wildman–Crippen LogP) is 2.36. The molecular formula is C14H20N2O3S. The van der Waals surface area contributed by atoms with E-state index in [1.165, 1.54) is 4.88 Å². The SMILES string of the molecule is CCc1ccc(CNC(=O)NCC2(C(=O)O)CCC2)s1. The first-order valence-electron chi connectivity index (χ1n) is 6.88. The number of amides is 2. The largest absolute Gasteiger partial charge is 0.481 e. The molecule has 110 valence electrons. The zero-order valence-electron chi connectivity index (χ0n) is 11.6. The molecule has 5 nitrogen and oxygen atoms in total. The molecular weight excluding hydrogens is 276 g/mol. The minimum atomic E-state index is -0.810. The van der Waals surface area contributed by atoms with E-state index in [1.807, 2.05) is 6.07 Å². The maximum Gasteiger partial charge on any atom is 0.315 e. The number of carboxylic acid groups (broad SMARTS) is 1. The Labute approximate surface area is 122 Å². The zero-order chi connectivity index (χ0) is 14.6. The van der Waals surface area contributed by atoms with E-state index >= 15 is 0 Å². The van der Waals surface area contributed by atoms with Crippen molar-refractivity contribution in [3.8, 4) is 0 Å². The Bertz CT molecular complexity index is 494. The fraction of sp³-hybridized carbons (Fsp3) is 0.571. The van der Waals surface area contributed by atoms with Crippen LogP contribution in [0.3, 0.4) is 0 Å². The third-order valence-electron chi connectivity index (χ3n) is 3.84. The summed E-state index contributed by atoms with van der Waals surface area (Å²) in [6.45, 7) is 2.79. The third kappa shape index (κ3) is 3.30. The molecule has 0 atom stereocenters. The quantitative estimate of drug-likeness (QED) is 0.754. The Morgan fingerprint density at radius 3 is 2.50 bits per heavy atom. The van der Waals surface area contributed by atoms with Gasteiger partial charge in [0, 0.05) is 16.3 Å². The highest BCUT2D eigenvalue weighted by Crippen LogP contribution is 2.40. The Balaban J connectivity index is 1.74. The number of carboxylic acids is 1. The summed E-state index contributed by atoms with van der Waals surface area (Å²) in [7, 11) is 0. The average molecular weight is 296 g/mol. The predicted molar refractivity (Wildman–Crippen MR) is 77.9 cm³/mol. The molecule has 2 rings (SSSR count). The summed E-state index contributed by atoms with van der Waals surface area (Å²) in [5.74, 6) is -0.810. The fourth-order valence-electron chi connectivity index (χ4n) is 2.26. The van der Waals surface area contributed by atoms with Crippen LogP contribution in [0, 0.1) is 5.41 Å². The van der Waals surface area contributed by atoms with Gasteiger partial charge in [0.2, 0.25) is 0 Å². The van der Waals surface area contributed by atoms with Crippen LogP contribution in [0.25, 0.3) is 0 Å². The Kier molecular flexibility index (Phi) is 4.65. The van der Waals surface area contributed by atoms with E-state index in [2.05, 4.69) is 23.6 Å². The first-order chi connectivity index (χ1) is 9.55. The molecule has 0 unspecified atom stereocenters. The molecule has 0 aromatic carbocycles. The first-order valence-corrected chi connectivity index (χ1v) is 7.70. The second-order valence-corrected chi connectivity index (χ2v) is 6.45. The maximum absolute atomic E-state index is 11.7. The Morgan fingerprint density at radius 1 is 1.30 bits per heavy atom. The van der Waals surface area contributed by atoms with Crippen LogP contribution in [0.1, 0.15) is 35.9 Å². The molecule has 0 bridgehead atoms. The Hall–Kier alpha value is -1.56. The molecule has 3 N–H and O–H groups in total. The van der Waals surface area contributed by atoms with Gasteiger partial charge in [0.1, 0.15) is 0 Å². The van der Waals surface area contributed by atoms with Gasteiger partial charge in [-0.15, -0.1) is 11.3 Å². The summed E-state index contributed by atoms with van der Waals surface area (Å²) in [5.41, 5.74) is -0.740. The topological polar surface area (TPSA) is 78.4 Å². The molecule has 1 fully saturated rings. The van der Waals surface area contributed by atoms with Gasteiger partial charge in [-0.1, -0.05) is 13.3 Å². The van der Waals surface area contributed by atoms with E-state index in [0.717, 1.165) is 17.7 Å². The van der Waals surface area contributed by atoms with E-state index in [-0.39, 0.29) is 12.6 Å². The number of carbonyl (C=O) groups is 2. The van der Waals surface area contributed by atoms with Crippen LogP contribution >= 0.6 is 11.3 Å². The van der Waals surface area contributed by atoms with Gasteiger partial charge in [0.05, 0.1) is 12.0 Å². The summed E-state index contributed by atoms with van der Waals surface area (Å²) in [6.07, 6.45) is 3.21. The van der Waals surface area contributed by atoms with Crippen molar-refractivity contribution < 1.29 is 14.7 Å². The number of aliphatic carboxylic acids is 1. The van der Waals surface area contributed by atoms with Gasteiger partial charge < -0.3 is 15.7 Å². The number of hydrogen-bond donors (Lipinski definition) is 3. The summed E-state index contributed by atoms with van der Waals surface area (Å²) >= 11 is 1.68. The molecule has 0 radical (unpaired) electrons. The van der Waals surface area contributed by atoms with Crippen molar-refractivity contribution in [3.63, 3.8) is 0 Å². The lowest BCUT2D eigenvalue weighted by Gasteiger charge is -2.37. The molecule has 0 aliphatic heterocycles. The lowest BCUT2D eigenvalue weighted by atomic mass is 9.69. The van der Waals surface area contributed by atoms with Crippen molar-refractivity contribution in [1.82, 2.24) is 10.6 Å². The van der Waals surface area contributed by atoms with Gasteiger partial charge in [0.15, 0.2) is 0 Å². The van der Waals surface area contributed by atoms with Crippen molar-refractivity contribution >= 4 is 23.3 Å². The van der Waals surface area contributed by atoms with Gasteiger partial charge in [-0.05, 0) is 31.4 Å². The number of aryl methyl sites for hydroxylation is 1. The molecule has 6 heteroatoms. The number of hydrogen-bond acceptors (Lipinski definition) is 3. The molecule has 20 heavy (non-hydrogen) atoms. The molecule has 1 heterocycles. The molecule has 1 saturated carbocycles. The van der Waals surface area contributed by atoms with Gasteiger partial charge >= 0.3 is 12.0 Å². The second kappa shape index (κ2) is 6.26. The summed E-state index contributed by atoms with van der Waals surface area (Å²) < 4.78 is 0. The molecule has 1 aromatic rings. The molecule has 0 spiro atoms. The van der Waals surface area contributed by atoms with Gasteiger partial charge in [-0.3, -0.25) is 4.79 Å². The average Bonchev–Trinajstić information content (AvgIpc) is 2.82. The van der Waals surface area contributed by atoms with Gasteiger partial charge in [0.25, 0.3) is 0 Å². The lowest BCUT2D eigenvalue weighted by Crippen LogP contribution is -2.49. The molecule has 0 saturated heterocycles. The maximum atomic E-state index is 11.7. The van der Waals surface area contributed by atoms with Crippen molar-refractivity contribution in [3.05, 3.63) is 21.9 Å². The number of carbonyl (C=O) groups excluding carboxylic acids is 1. The number of thiophene rings is 1. The number of urea groups is 1. The molecule has 1 aliphatic carbocycles. The second-order valence-electron chi connectivity index (χ2n) is 5.20. The number of rotatable bonds is 6. The van der Waals surface area contributed by atoms with Crippen molar-refractivity contribution in [2.75, 3.05) is 6.54 Å². The van der Waals surface area contributed by atoms with Crippen molar-refractivity contribution in [1.29, 1.82) is 0 Å². The van der Waals surface area contributed by atoms with E-state index in [9.17, 15) is 9.59 Å². The van der Waals surface area contributed by atoms with E-state index in [4.69, 9.17) is 5.11 Å². The highest BCUT2D eigenvalue weighted by atomic mass is 32.1. The normalized spacial score (nSPS) is 16.2. The van der Waals surface area contributed by atoms with Crippen LogP contribution < -0.4 is 10.6 Å². The highest BCUT2D eigenvalue weighted by Gasteiger charge is 2.44. The standard InChI is InChI=1S/C14H20N2O3S/c1-2-10-4-5-11(20-10)8-15-13(19)16-9-14(12(17)18)6-3-7-14/h4-5H,2-3,6-9H2,1H3,(H,17,18)(H2,15,16,19). The summed E-state index contributed by atoms with van der Waals surface area (Å²) in [6, 6.07) is 3.77. The smallest absolute Gasteiger partial charge is 0.315 e. The van der Waals surface area contributed by atoms with Gasteiger partial charge in [-0.25, -0.2) is 4.79 Å².